The minimum absolute atomic E-state index is 0.0355. The van der Waals surface area contributed by atoms with Gasteiger partial charge in [0.1, 0.15) is 12.2 Å². The molecule has 2 unspecified atom stereocenters. The summed E-state index contributed by atoms with van der Waals surface area (Å²) in [5.74, 6) is 0. The summed E-state index contributed by atoms with van der Waals surface area (Å²) in [5.41, 5.74) is 0. The van der Waals surface area contributed by atoms with Crippen molar-refractivity contribution in [3.05, 3.63) is 0 Å². The minimum atomic E-state index is -1.57. The first-order chi connectivity index (χ1) is 6.93. The zero-order chi connectivity index (χ0) is 11.6. The summed E-state index contributed by atoms with van der Waals surface area (Å²) in [5, 5.41) is 40.2. The first kappa shape index (κ1) is 13.2. The molecule has 6 nitrogen and oxygen atoms in total. The van der Waals surface area contributed by atoms with Gasteiger partial charge in [-0.3, -0.25) is 0 Å². The molecule has 7 heteroatoms. The second-order valence-electron chi connectivity index (χ2n) is 3.68. The standard InChI is InChI=1S/C8H17NO5S/c1-3(15)2-9-4-5(10)6(11)8(13)14-7(4)12/h3-13,15H,2H2,1H3/t3?,4-,5-,6+,7?,8+/m1/s1. The number of ether oxygens (including phenoxy) is 1. The molecule has 6 atom stereocenters. The number of nitrogens with one attached hydrogen (secondary N) is 1. The molecule has 0 spiro atoms. The molecule has 0 saturated carbocycles. The lowest BCUT2D eigenvalue weighted by Gasteiger charge is -2.39. The lowest BCUT2D eigenvalue weighted by Crippen LogP contribution is -2.63. The third-order valence-corrected chi connectivity index (χ3v) is 2.43. The Bertz CT molecular complexity index is 205. The van der Waals surface area contributed by atoms with Gasteiger partial charge >= 0.3 is 0 Å². The molecule has 0 aliphatic carbocycles. The van der Waals surface area contributed by atoms with Crippen LogP contribution < -0.4 is 5.32 Å². The predicted octanol–water partition coefficient (Wildman–Crippen LogP) is -2.35. The lowest BCUT2D eigenvalue weighted by molar-refractivity contribution is -0.304. The van der Waals surface area contributed by atoms with E-state index in [4.69, 9.17) is 5.11 Å². The molecular weight excluding hydrogens is 222 g/mol. The Balaban J connectivity index is 2.54. The van der Waals surface area contributed by atoms with Crippen molar-refractivity contribution in [3.63, 3.8) is 0 Å². The predicted molar refractivity (Wildman–Crippen MR) is 55.4 cm³/mol. The maximum Gasteiger partial charge on any atom is 0.186 e. The van der Waals surface area contributed by atoms with E-state index in [1.165, 1.54) is 0 Å². The fourth-order valence-corrected chi connectivity index (χ4v) is 1.49. The maximum atomic E-state index is 9.55. The molecule has 0 aromatic carbocycles. The van der Waals surface area contributed by atoms with Crippen LogP contribution in [0, 0.1) is 0 Å². The Labute approximate surface area is 93.3 Å². The Morgan fingerprint density at radius 2 is 1.80 bits per heavy atom. The summed E-state index contributed by atoms with van der Waals surface area (Å²) < 4.78 is 4.63. The smallest absolute Gasteiger partial charge is 0.186 e. The van der Waals surface area contributed by atoms with Gasteiger partial charge in [-0.2, -0.15) is 12.6 Å². The quantitative estimate of drug-likeness (QED) is 0.308. The Hall–Kier alpha value is 0.110. The highest BCUT2D eigenvalue weighted by atomic mass is 32.1. The van der Waals surface area contributed by atoms with Crippen molar-refractivity contribution < 1.29 is 25.2 Å². The molecule has 0 amide bonds. The summed E-state index contributed by atoms with van der Waals surface area (Å²) >= 11 is 4.12. The molecule has 0 bridgehead atoms. The molecule has 90 valence electrons. The number of hydrogen-bond acceptors (Lipinski definition) is 7. The van der Waals surface area contributed by atoms with Crippen LogP contribution in [-0.4, -0.2) is 63.1 Å². The fraction of sp³-hybridized carbons (Fsp3) is 1.00. The van der Waals surface area contributed by atoms with Gasteiger partial charge in [0.15, 0.2) is 12.6 Å². The van der Waals surface area contributed by atoms with Gasteiger partial charge in [-0.05, 0) is 0 Å². The lowest BCUT2D eigenvalue weighted by atomic mass is 10.0. The second kappa shape index (κ2) is 5.44. The number of thiol groups is 1. The molecule has 1 aliphatic heterocycles. The van der Waals surface area contributed by atoms with E-state index < -0.39 is 30.8 Å². The van der Waals surface area contributed by atoms with Crippen molar-refractivity contribution >= 4 is 12.6 Å². The van der Waals surface area contributed by atoms with E-state index >= 15 is 0 Å². The van der Waals surface area contributed by atoms with Crippen LogP contribution in [0.5, 0.6) is 0 Å². The summed E-state index contributed by atoms with van der Waals surface area (Å²) in [6.07, 6.45) is -5.64. The minimum Gasteiger partial charge on any atom is -0.388 e. The van der Waals surface area contributed by atoms with Crippen LogP contribution in [-0.2, 0) is 4.74 Å². The highest BCUT2D eigenvalue weighted by Crippen LogP contribution is 2.18. The zero-order valence-corrected chi connectivity index (χ0v) is 9.21. The SMILES string of the molecule is CC(S)CN[C@H]1C(O)O[C@H](O)[C@@H](O)[C@@H]1O. The van der Waals surface area contributed by atoms with Crippen molar-refractivity contribution in [1.82, 2.24) is 5.32 Å². The first-order valence-corrected chi connectivity index (χ1v) is 5.24. The van der Waals surface area contributed by atoms with Crippen LogP contribution in [0.1, 0.15) is 6.92 Å². The molecule has 1 saturated heterocycles. The van der Waals surface area contributed by atoms with E-state index in [9.17, 15) is 15.3 Å². The Morgan fingerprint density at radius 1 is 1.20 bits per heavy atom. The normalized spacial score (nSPS) is 44.0. The number of aliphatic hydroxyl groups is 4. The summed E-state index contributed by atoms with van der Waals surface area (Å²) in [6.45, 7) is 2.28. The third-order valence-electron chi connectivity index (χ3n) is 2.25. The summed E-state index contributed by atoms with van der Waals surface area (Å²) in [7, 11) is 0. The van der Waals surface area contributed by atoms with Gasteiger partial charge < -0.3 is 30.5 Å². The summed E-state index contributed by atoms with van der Waals surface area (Å²) in [6, 6.07) is -0.835. The average molecular weight is 239 g/mol. The van der Waals surface area contributed by atoms with Crippen LogP contribution in [0.4, 0.5) is 0 Å². The summed E-state index contributed by atoms with van der Waals surface area (Å²) in [4.78, 5) is 0. The van der Waals surface area contributed by atoms with Gasteiger partial charge in [0, 0.05) is 11.8 Å². The van der Waals surface area contributed by atoms with Crippen molar-refractivity contribution in [3.8, 4) is 0 Å². The molecule has 1 aliphatic rings. The molecule has 1 heterocycles. The van der Waals surface area contributed by atoms with E-state index in [1.54, 1.807) is 0 Å². The van der Waals surface area contributed by atoms with Crippen LogP contribution in [0.2, 0.25) is 0 Å². The molecule has 1 fully saturated rings. The van der Waals surface area contributed by atoms with Gasteiger partial charge in [0.2, 0.25) is 0 Å². The van der Waals surface area contributed by atoms with Crippen LogP contribution in [0.3, 0.4) is 0 Å². The molecule has 0 radical (unpaired) electrons. The Kier molecular flexibility index (Phi) is 4.78. The second-order valence-corrected chi connectivity index (χ2v) is 4.56. The van der Waals surface area contributed by atoms with E-state index in [2.05, 4.69) is 22.7 Å². The highest BCUT2D eigenvalue weighted by Gasteiger charge is 2.42. The van der Waals surface area contributed by atoms with Gasteiger partial charge in [-0.15, -0.1) is 0 Å². The van der Waals surface area contributed by atoms with Gasteiger partial charge in [-0.1, -0.05) is 6.92 Å². The third kappa shape index (κ3) is 3.28. The highest BCUT2D eigenvalue weighted by molar-refractivity contribution is 7.80. The van der Waals surface area contributed by atoms with Gasteiger partial charge in [-0.25, -0.2) is 0 Å². The maximum absolute atomic E-state index is 9.55. The first-order valence-electron chi connectivity index (χ1n) is 4.72. The zero-order valence-electron chi connectivity index (χ0n) is 8.32. The number of rotatable bonds is 3. The molecule has 1 rings (SSSR count). The average Bonchev–Trinajstić information content (AvgIpc) is 2.14. The van der Waals surface area contributed by atoms with Crippen molar-refractivity contribution in [1.29, 1.82) is 0 Å². The van der Waals surface area contributed by atoms with Crippen LogP contribution >= 0.6 is 12.6 Å². The Morgan fingerprint density at radius 3 is 2.33 bits per heavy atom. The number of hydrogen-bond donors (Lipinski definition) is 6. The number of aliphatic hydroxyl groups excluding tert-OH is 4. The van der Waals surface area contributed by atoms with E-state index in [0.29, 0.717) is 6.54 Å². The van der Waals surface area contributed by atoms with E-state index in [1.807, 2.05) is 6.92 Å². The van der Waals surface area contributed by atoms with E-state index in [-0.39, 0.29) is 5.25 Å². The van der Waals surface area contributed by atoms with Crippen LogP contribution in [0.25, 0.3) is 0 Å². The van der Waals surface area contributed by atoms with Crippen molar-refractivity contribution in [2.24, 2.45) is 0 Å². The van der Waals surface area contributed by atoms with Gasteiger partial charge in [0.25, 0.3) is 0 Å². The molecule has 5 N–H and O–H groups in total. The molecular formula is C8H17NO5S. The van der Waals surface area contributed by atoms with Crippen molar-refractivity contribution in [2.75, 3.05) is 6.54 Å². The largest absolute Gasteiger partial charge is 0.388 e. The van der Waals surface area contributed by atoms with Crippen LogP contribution in [0.15, 0.2) is 0 Å². The molecule has 0 aromatic rings. The fourth-order valence-electron chi connectivity index (χ4n) is 1.39. The van der Waals surface area contributed by atoms with Gasteiger partial charge in [0.05, 0.1) is 6.04 Å². The van der Waals surface area contributed by atoms with E-state index in [0.717, 1.165) is 0 Å². The molecule has 15 heavy (non-hydrogen) atoms. The topological polar surface area (TPSA) is 102 Å². The molecule has 0 aromatic heterocycles. The monoisotopic (exact) mass is 239 g/mol. The van der Waals surface area contributed by atoms with Crippen molar-refractivity contribution in [2.45, 2.75) is 43.0 Å².